The quantitative estimate of drug-likeness (QED) is 0.818. The molecule has 0 bridgehead atoms. The molecule has 1 N–H and O–H groups in total. The number of hydrogen-bond acceptors (Lipinski definition) is 3. The van der Waals surface area contributed by atoms with Gasteiger partial charge in [-0.15, -0.1) is 0 Å². The Hall–Kier alpha value is -2.30. The fourth-order valence-electron chi connectivity index (χ4n) is 1.67. The van der Waals surface area contributed by atoms with E-state index < -0.39 is 5.97 Å². The fraction of sp³-hybridized carbons (Fsp3) is 0.167. The van der Waals surface area contributed by atoms with Gasteiger partial charge in [-0.25, -0.2) is 9.78 Å². The zero-order chi connectivity index (χ0) is 12.4. The third kappa shape index (κ3) is 1.99. The molecule has 5 nitrogen and oxygen atoms in total. The number of aromatic nitrogens is 2. The number of methoxy groups -OCH3 is 1. The van der Waals surface area contributed by atoms with Gasteiger partial charge >= 0.3 is 5.97 Å². The molecule has 0 atom stereocenters. The molecule has 88 valence electrons. The van der Waals surface area contributed by atoms with Crippen LogP contribution in [0.2, 0.25) is 0 Å². The smallest absolute Gasteiger partial charge is 0.328 e. The monoisotopic (exact) mass is 232 g/mol. The van der Waals surface area contributed by atoms with Crippen LogP contribution in [0.4, 0.5) is 0 Å². The average Bonchev–Trinajstić information content (AvgIpc) is 2.64. The molecule has 0 unspecified atom stereocenters. The Morgan fingerprint density at radius 1 is 1.53 bits per heavy atom. The van der Waals surface area contributed by atoms with Crippen molar-refractivity contribution in [2.24, 2.45) is 7.05 Å². The van der Waals surface area contributed by atoms with Crippen molar-refractivity contribution in [3.05, 3.63) is 30.1 Å². The maximum absolute atomic E-state index is 10.5. The molecule has 2 rings (SSSR count). The van der Waals surface area contributed by atoms with Crippen molar-refractivity contribution < 1.29 is 14.6 Å². The average molecular weight is 232 g/mol. The van der Waals surface area contributed by atoms with E-state index in [-0.39, 0.29) is 0 Å². The number of para-hydroxylation sites is 1. The number of aliphatic carboxylic acids is 1. The van der Waals surface area contributed by atoms with Gasteiger partial charge in [-0.2, -0.15) is 0 Å². The first-order valence-corrected chi connectivity index (χ1v) is 5.04. The SMILES string of the molecule is COc1cccc2c1nc(/C=C/C(=O)O)n2C. The molecular formula is C12H12N2O3. The number of hydrogen-bond donors (Lipinski definition) is 1. The van der Waals surface area contributed by atoms with Crippen molar-refractivity contribution in [3.63, 3.8) is 0 Å². The van der Waals surface area contributed by atoms with Crippen molar-refractivity contribution in [1.29, 1.82) is 0 Å². The number of ether oxygens (including phenoxy) is 1. The van der Waals surface area contributed by atoms with Gasteiger partial charge < -0.3 is 14.4 Å². The molecule has 0 amide bonds. The molecule has 17 heavy (non-hydrogen) atoms. The van der Waals surface area contributed by atoms with E-state index in [0.717, 1.165) is 17.1 Å². The van der Waals surface area contributed by atoms with Gasteiger partial charge in [-0.3, -0.25) is 0 Å². The molecule has 0 saturated heterocycles. The highest BCUT2D eigenvalue weighted by Gasteiger charge is 2.09. The Morgan fingerprint density at radius 3 is 2.94 bits per heavy atom. The van der Waals surface area contributed by atoms with E-state index in [1.165, 1.54) is 6.08 Å². The summed E-state index contributed by atoms with van der Waals surface area (Å²) >= 11 is 0. The van der Waals surface area contributed by atoms with Crippen LogP contribution in [0.15, 0.2) is 24.3 Å². The summed E-state index contributed by atoms with van der Waals surface area (Å²) in [5.41, 5.74) is 1.62. The molecule has 0 fully saturated rings. The zero-order valence-electron chi connectivity index (χ0n) is 9.54. The van der Waals surface area contributed by atoms with Crippen molar-refractivity contribution in [1.82, 2.24) is 9.55 Å². The standard InChI is InChI=1S/C12H12N2O3/c1-14-8-4-3-5-9(17-2)12(8)13-10(14)6-7-11(15)16/h3-7H,1-2H3,(H,15,16)/b7-6+. The van der Waals surface area contributed by atoms with Gasteiger partial charge in [0.15, 0.2) is 0 Å². The van der Waals surface area contributed by atoms with E-state index in [2.05, 4.69) is 4.98 Å². The molecule has 0 aliphatic heterocycles. The van der Waals surface area contributed by atoms with E-state index in [4.69, 9.17) is 9.84 Å². The maximum Gasteiger partial charge on any atom is 0.328 e. The number of benzene rings is 1. The summed E-state index contributed by atoms with van der Waals surface area (Å²) in [6.45, 7) is 0. The number of fused-ring (bicyclic) bond motifs is 1. The summed E-state index contributed by atoms with van der Waals surface area (Å²) in [6, 6.07) is 5.59. The molecule has 0 saturated carbocycles. The van der Waals surface area contributed by atoms with E-state index in [1.54, 1.807) is 7.11 Å². The van der Waals surface area contributed by atoms with Crippen LogP contribution in [0.1, 0.15) is 5.82 Å². The first-order valence-electron chi connectivity index (χ1n) is 5.04. The summed E-state index contributed by atoms with van der Waals surface area (Å²) in [6.07, 6.45) is 2.52. The predicted octanol–water partition coefficient (Wildman–Crippen LogP) is 1.68. The minimum atomic E-state index is -0.996. The number of imidazole rings is 1. The van der Waals surface area contributed by atoms with Gasteiger partial charge in [0.25, 0.3) is 0 Å². The molecule has 0 aliphatic carbocycles. The number of carbonyl (C=O) groups is 1. The van der Waals surface area contributed by atoms with Gasteiger partial charge in [0.2, 0.25) is 0 Å². The van der Waals surface area contributed by atoms with Crippen LogP contribution < -0.4 is 4.74 Å². The third-order valence-corrected chi connectivity index (χ3v) is 2.50. The lowest BCUT2D eigenvalue weighted by atomic mass is 10.3. The van der Waals surface area contributed by atoms with Crippen LogP contribution >= 0.6 is 0 Å². The first kappa shape index (κ1) is 11.2. The second-order valence-corrected chi connectivity index (χ2v) is 3.53. The zero-order valence-corrected chi connectivity index (χ0v) is 9.54. The Bertz CT molecular complexity index is 599. The summed E-state index contributed by atoms with van der Waals surface area (Å²) < 4.78 is 7.02. The van der Waals surface area contributed by atoms with Gasteiger partial charge in [0, 0.05) is 13.1 Å². The second kappa shape index (κ2) is 4.29. The van der Waals surface area contributed by atoms with E-state index >= 15 is 0 Å². The van der Waals surface area contributed by atoms with Gasteiger partial charge in [-0.05, 0) is 18.2 Å². The molecule has 0 aliphatic rings. The van der Waals surface area contributed by atoms with Crippen molar-refractivity contribution in [2.75, 3.05) is 7.11 Å². The fourth-order valence-corrected chi connectivity index (χ4v) is 1.67. The molecule has 5 heteroatoms. The lowest BCUT2D eigenvalue weighted by Gasteiger charge is -2.00. The summed E-state index contributed by atoms with van der Waals surface area (Å²) in [5.74, 6) is 0.254. The summed E-state index contributed by atoms with van der Waals surface area (Å²) in [5, 5.41) is 8.59. The maximum atomic E-state index is 10.5. The highest BCUT2D eigenvalue weighted by atomic mass is 16.5. The number of nitrogens with zero attached hydrogens (tertiary/aromatic N) is 2. The summed E-state index contributed by atoms with van der Waals surface area (Å²) in [7, 11) is 3.41. The van der Waals surface area contributed by atoms with E-state index in [1.807, 2.05) is 29.8 Å². The minimum absolute atomic E-state index is 0.576. The number of rotatable bonds is 3. The normalized spacial score (nSPS) is 11.2. The third-order valence-electron chi connectivity index (χ3n) is 2.50. The Morgan fingerprint density at radius 2 is 2.29 bits per heavy atom. The van der Waals surface area contributed by atoms with Crippen LogP contribution in [0.3, 0.4) is 0 Å². The number of carboxylic acids is 1. The lowest BCUT2D eigenvalue weighted by Crippen LogP contribution is -1.93. The highest BCUT2D eigenvalue weighted by Crippen LogP contribution is 2.25. The van der Waals surface area contributed by atoms with Crippen molar-refractivity contribution in [2.45, 2.75) is 0 Å². The molecule has 1 heterocycles. The van der Waals surface area contributed by atoms with Crippen molar-refractivity contribution in [3.8, 4) is 5.75 Å². The largest absolute Gasteiger partial charge is 0.494 e. The Kier molecular flexibility index (Phi) is 2.82. The molecular weight excluding hydrogens is 220 g/mol. The lowest BCUT2D eigenvalue weighted by molar-refractivity contribution is -0.131. The highest BCUT2D eigenvalue weighted by molar-refractivity contribution is 5.87. The number of aryl methyl sites for hydroxylation is 1. The van der Waals surface area contributed by atoms with Crippen LogP contribution in [-0.2, 0) is 11.8 Å². The van der Waals surface area contributed by atoms with Crippen LogP contribution in [-0.4, -0.2) is 27.7 Å². The van der Waals surface area contributed by atoms with E-state index in [9.17, 15) is 4.79 Å². The summed E-state index contributed by atoms with van der Waals surface area (Å²) in [4.78, 5) is 14.8. The molecule has 0 spiro atoms. The second-order valence-electron chi connectivity index (χ2n) is 3.53. The Balaban J connectivity index is 2.60. The van der Waals surface area contributed by atoms with Gasteiger partial charge in [0.1, 0.15) is 17.1 Å². The van der Waals surface area contributed by atoms with Crippen LogP contribution in [0, 0.1) is 0 Å². The van der Waals surface area contributed by atoms with Gasteiger partial charge in [-0.1, -0.05) is 6.07 Å². The predicted molar refractivity (Wildman–Crippen MR) is 63.9 cm³/mol. The molecule has 2 aromatic rings. The van der Waals surface area contributed by atoms with Crippen LogP contribution in [0.5, 0.6) is 5.75 Å². The van der Waals surface area contributed by atoms with Gasteiger partial charge in [0.05, 0.1) is 12.6 Å². The van der Waals surface area contributed by atoms with Crippen molar-refractivity contribution >= 4 is 23.1 Å². The minimum Gasteiger partial charge on any atom is -0.494 e. The van der Waals surface area contributed by atoms with E-state index in [0.29, 0.717) is 11.6 Å². The van der Waals surface area contributed by atoms with Crippen LogP contribution in [0.25, 0.3) is 17.1 Å². The first-order chi connectivity index (χ1) is 8.13. The molecule has 1 aromatic carbocycles. The number of carboxylic acid groups (broad SMARTS) is 1. The molecule has 1 aromatic heterocycles. The topological polar surface area (TPSA) is 64.3 Å². The molecule has 0 radical (unpaired) electrons. The Labute approximate surface area is 98.0 Å².